The molecule has 2 N–H and O–H groups in total. The Hall–Kier alpha value is -2.56. The minimum absolute atomic E-state index is 0.253. The molecule has 5 nitrogen and oxygen atoms in total. The van der Waals surface area contributed by atoms with Crippen LogP contribution in [0.1, 0.15) is 27.3 Å². The largest absolute Gasteiger partial charge is 0.478 e. The smallest absolute Gasteiger partial charge is 0.335 e. The first-order valence-corrected chi connectivity index (χ1v) is 5.74. The number of hydrogen-bond donors (Lipinski definition) is 2. The van der Waals surface area contributed by atoms with E-state index in [2.05, 4.69) is 5.16 Å². The van der Waals surface area contributed by atoms with Crippen LogP contribution in [0, 0.1) is 13.8 Å². The van der Waals surface area contributed by atoms with Crippen molar-refractivity contribution < 1.29 is 15.1 Å². The van der Waals surface area contributed by atoms with Gasteiger partial charge in [0.1, 0.15) is 0 Å². The van der Waals surface area contributed by atoms with Gasteiger partial charge in [-0.2, -0.15) is 0 Å². The highest BCUT2D eigenvalue weighted by atomic mass is 16.4. The molecule has 0 bridgehead atoms. The van der Waals surface area contributed by atoms with Gasteiger partial charge in [0.05, 0.1) is 11.8 Å². The summed E-state index contributed by atoms with van der Waals surface area (Å²) >= 11 is 0. The van der Waals surface area contributed by atoms with Crippen molar-refractivity contribution in [1.29, 1.82) is 0 Å². The molecule has 0 saturated heterocycles. The fourth-order valence-corrected chi connectivity index (χ4v) is 2.13. The molecular formula is C14H14N2O3. The SMILES string of the molecule is Cc1cc(/C=N\O)c(C)n1-c1ccc(C(=O)O)cc1. The number of rotatable bonds is 3. The van der Waals surface area contributed by atoms with Gasteiger partial charge in [0.15, 0.2) is 0 Å². The lowest BCUT2D eigenvalue weighted by molar-refractivity contribution is 0.0697. The van der Waals surface area contributed by atoms with Crippen molar-refractivity contribution in [1.82, 2.24) is 4.57 Å². The zero-order chi connectivity index (χ0) is 14.0. The number of aryl methyl sites for hydroxylation is 1. The van der Waals surface area contributed by atoms with Crippen LogP contribution < -0.4 is 0 Å². The second kappa shape index (κ2) is 4.97. The maximum atomic E-state index is 10.8. The van der Waals surface area contributed by atoms with Crippen LogP contribution >= 0.6 is 0 Å². The molecule has 2 rings (SSSR count). The van der Waals surface area contributed by atoms with Crippen LogP contribution in [-0.2, 0) is 0 Å². The van der Waals surface area contributed by atoms with Gasteiger partial charge in [-0.05, 0) is 44.2 Å². The van der Waals surface area contributed by atoms with E-state index in [1.807, 2.05) is 24.5 Å². The molecule has 0 aliphatic carbocycles. The van der Waals surface area contributed by atoms with Crippen LogP contribution in [0.4, 0.5) is 0 Å². The van der Waals surface area contributed by atoms with Crippen molar-refractivity contribution in [3.05, 3.63) is 52.8 Å². The molecule has 0 amide bonds. The lowest BCUT2D eigenvalue weighted by atomic mass is 10.2. The van der Waals surface area contributed by atoms with Gasteiger partial charge in [0.25, 0.3) is 0 Å². The third-order valence-corrected chi connectivity index (χ3v) is 3.04. The van der Waals surface area contributed by atoms with Crippen LogP contribution in [0.25, 0.3) is 5.69 Å². The van der Waals surface area contributed by atoms with Crippen molar-refractivity contribution in [2.75, 3.05) is 0 Å². The number of aromatic carboxylic acids is 1. The molecular weight excluding hydrogens is 244 g/mol. The summed E-state index contributed by atoms with van der Waals surface area (Å²) < 4.78 is 1.97. The predicted molar refractivity (Wildman–Crippen MR) is 71.6 cm³/mol. The maximum Gasteiger partial charge on any atom is 0.335 e. The molecule has 0 fully saturated rings. The van der Waals surface area contributed by atoms with Crippen LogP contribution in [-0.4, -0.2) is 27.1 Å². The maximum absolute atomic E-state index is 10.8. The highest BCUT2D eigenvalue weighted by Crippen LogP contribution is 2.20. The van der Waals surface area contributed by atoms with E-state index in [-0.39, 0.29) is 5.56 Å². The number of carbonyl (C=O) groups is 1. The molecule has 1 aromatic carbocycles. The normalized spacial score (nSPS) is 11.1. The van der Waals surface area contributed by atoms with Crippen molar-refractivity contribution >= 4 is 12.2 Å². The van der Waals surface area contributed by atoms with Crippen molar-refractivity contribution in [3.63, 3.8) is 0 Å². The standard InChI is InChI=1S/C14H14N2O3/c1-9-7-12(8-15-19)10(2)16(9)13-5-3-11(4-6-13)14(17)18/h3-8,19H,1-2H3,(H,17,18)/b15-8-. The van der Waals surface area contributed by atoms with Gasteiger partial charge in [-0.15, -0.1) is 0 Å². The monoisotopic (exact) mass is 258 g/mol. The second-order valence-corrected chi connectivity index (χ2v) is 4.26. The van der Waals surface area contributed by atoms with Gasteiger partial charge < -0.3 is 14.9 Å². The van der Waals surface area contributed by atoms with Crippen LogP contribution in [0.2, 0.25) is 0 Å². The summed E-state index contributed by atoms with van der Waals surface area (Å²) in [5, 5.41) is 20.5. The quantitative estimate of drug-likeness (QED) is 0.505. The molecule has 0 saturated carbocycles. The molecule has 1 aromatic heterocycles. The van der Waals surface area contributed by atoms with Crippen molar-refractivity contribution in [3.8, 4) is 5.69 Å². The molecule has 98 valence electrons. The number of nitrogens with zero attached hydrogens (tertiary/aromatic N) is 2. The predicted octanol–water partition coefficient (Wildman–Crippen LogP) is 2.60. The Balaban J connectivity index is 2.50. The molecule has 0 unspecified atom stereocenters. The molecule has 5 heteroatoms. The summed E-state index contributed by atoms with van der Waals surface area (Å²) in [6, 6.07) is 8.54. The third-order valence-electron chi connectivity index (χ3n) is 3.04. The summed E-state index contributed by atoms with van der Waals surface area (Å²) in [6.45, 7) is 3.85. The van der Waals surface area contributed by atoms with E-state index >= 15 is 0 Å². The van der Waals surface area contributed by atoms with Gasteiger partial charge in [0.2, 0.25) is 0 Å². The first-order valence-electron chi connectivity index (χ1n) is 5.74. The molecule has 0 spiro atoms. The lowest BCUT2D eigenvalue weighted by Gasteiger charge is -2.09. The number of benzene rings is 1. The van der Waals surface area contributed by atoms with E-state index in [0.717, 1.165) is 22.6 Å². The topological polar surface area (TPSA) is 74.8 Å². The minimum atomic E-state index is -0.944. The summed E-state index contributed by atoms with van der Waals surface area (Å²) in [5.41, 5.74) is 3.86. The summed E-state index contributed by atoms with van der Waals surface area (Å²) in [4.78, 5) is 10.8. The van der Waals surface area contributed by atoms with Crippen LogP contribution in [0.5, 0.6) is 0 Å². The number of oxime groups is 1. The van der Waals surface area contributed by atoms with E-state index in [1.54, 1.807) is 24.3 Å². The summed E-state index contributed by atoms with van der Waals surface area (Å²) in [5.74, 6) is -0.944. The molecule has 2 aromatic rings. The third kappa shape index (κ3) is 2.35. The Morgan fingerprint density at radius 3 is 2.42 bits per heavy atom. The molecule has 0 atom stereocenters. The first kappa shape index (κ1) is 12.9. The van der Waals surface area contributed by atoms with Gasteiger partial charge in [-0.3, -0.25) is 0 Å². The number of hydrogen-bond acceptors (Lipinski definition) is 3. The number of carboxylic acid groups (broad SMARTS) is 1. The van der Waals surface area contributed by atoms with E-state index in [0.29, 0.717) is 0 Å². The molecule has 0 aliphatic heterocycles. The molecule has 1 heterocycles. The fraction of sp³-hybridized carbons (Fsp3) is 0.143. The highest BCUT2D eigenvalue weighted by Gasteiger charge is 2.10. The Labute approximate surface area is 110 Å². The average molecular weight is 258 g/mol. The Morgan fingerprint density at radius 1 is 1.26 bits per heavy atom. The summed E-state index contributed by atoms with van der Waals surface area (Å²) in [7, 11) is 0. The Kier molecular flexibility index (Phi) is 3.37. The van der Waals surface area contributed by atoms with E-state index in [9.17, 15) is 4.79 Å². The average Bonchev–Trinajstić information content (AvgIpc) is 2.65. The van der Waals surface area contributed by atoms with Crippen molar-refractivity contribution in [2.24, 2.45) is 5.16 Å². The Bertz CT molecular complexity index is 639. The zero-order valence-electron chi connectivity index (χ0n) is 10.7. The van der Waals surface area contributed by atoms with Gasteiger partial charge in [-0.25, -0.2) is 4.79 Å². The van der Waals surface area contributed by atoms with E-state index in [1.165, 1.54) is 6.21 Å². The second-order valence-electron chi connectivity index (χ2n) is 4.26. The minimum Gasteiger partial charge on any atom is -0.478 e. The molecule has 0 aliphatic rings. The van der Waals surface area contributed by atoms with Gasteiger partial charge in [-0.1, -0.05) is 5.16 Å². The van der Waals surface area contributed by atoms with Crippen LogP contribution in [0.15, 0.2) is 35.5 Å². The van der Waals surface area contributed by atoms with Crippen molar-refractivity contribution in [2.45, 2.75) is 13.8 Å². The van der Waals surface area contributed by atoms with E-state index in [4.69, 9.17) is 10.3 Å². The molecule has 0 radical (unpaired) electrons. The van der Waals surface area contributed by atoms with Crippen LogP contribution in [0.3, 0.4) is 0 Å². The van der Waals surface area contributed by atoms with Gasteiger partial charge >= 0.3 is 5.97 Å². The fourth-order valence-electron chi connectivity index (χ4n) is 2.13. The zero-order valence-corrected chi connectivity index (χ0v) is 10.7. The van der Waals surface area contributed by atoms with Gasteiger partial charge in [0, 0.05) is 22.6 Å². The Morgan fingerprint density at radius 2 is 1.89 bits per heavy atom. The van der Waals surface area contributed by atoms with E-state index < -0.39 is 5.97 Å². The summed E-state index contributed by atoms with van der Waals surface area (Å²) in [6.07, 6.45) is 1.38. The number of carboxylic acids is 1. The lowest BCUT2D eigenvalue weighted by Crippen LogP contribution is -2.01. The number of aromatic nitrogens is 1. The molecule has 19 heavy (non-hydrogen) atoms. The first-order chi connectivity index (χ1) is 9.04. The highest BCUT2D eigenvalue weighted by molar-refractivity contribution is 5.87.